The van der Waals surface area contributed by atoms with Crippen molar-refractivity contribution >= 4 is 24.5 Å². The number of rotatable bonds is 6. The minimum absolute atomic E-state index is 0.983. The van der Waals surface area contributed by atoms with E-state index in [4.69, 9.17) is 4.43 Å². The van der Waals surface area contributed by atoms with E-state index >= 15 is 0 Å². The maximum atomic E-state index is 6.03. The molecule has 0 spiro atoms. The maximum Gasteiger partial charge on any atom is 0.183 e. The normalized spacial score (nSPS) is 14.6. The highest BCUT2D eigenvalue weighted by molar-refractivity contribution is 6.96. The highest BCUT2D eigenvalue weighted by Gasteiger charge is 2.37. The summed E-state index contributed by atoms with van der Waals surface area (Å²) in [5.74, 6) is 0. The van der Waals surface area contributed by atoms with Crippen LogP contribution in [-0.4, -0.2) is 31.1 Å². The van der Waals surface area contributed by atoms with Crippen LogP contribution in [0.15, 0.2) is 0 Å². The van der Waals surface area contributed by atoms with E-state index in [1.165, 1.54) is 6.42 Å². The van der Waals surface area contributed by atoms with E-state index in [9.17, 15) is 0 Å². The fourth-order valence-corrected chi connectivity index (χ4v) is 15.7. The smallest absolute Gasteiger partial charge is 0.183 e. The van der Waals surface area contributed by atoms with Crippen molar-refractivity contribution < 1.29 is 4.43 Å². The predicted octanol–water partition coefficient (Wildman–Crippen LogP) is 4.81. The molecule has 4 heteroatoms. The Hall–Kier alpha value is 0.611. The van der Waals surface area contributed by atoms with Gasteiger partial charge in [-0.15, -0.1) is 0 Å². The molecule has 0 aliphatic carbocycles. The molecular formula is C12H32OSi3. The Kier molecular flexibility index (Phi) is 5.71. The van der Waals surface area contributed by atoms with Crippen LogP contribution in [-0.2, 0) is 4.43 Å². The first-order chi connectivity index (χ1) is 6.84. The topological polar surface area (TPSA) is 9.23 Å². The van der Waals surface area contributed by atoms with Gasteiger partial charge in [-0.3, -0.25) is 0 Å². The lowest BCUT2D eigenvalue weighted by Crippen LogP contribution is -2.44. The lowest BCUT2D eigenvalue weighted by Gasteiger charge is -2.39. The standard InChI is InChI=1S/C12H32OSi3/c1-14(2,3)12(15(4,5)6)10-11-13-16(7,8)9/h12H,10-11H2,1-9H3. The number of hydrogen-bond donors (Lipinski definition) is 0. The van der Waals surface area contributed by atoms with Crippen molar-refractivity contribution in [3.05, 3.63) is 0 Å². The van der Waals surface area contributed by atoms with E-state index in [1.807, 2.05) is 0 Å². The van der Waals surface area contributed by atoms with Gasteiger partial charge in [-0.2, -0.15) is 0 Å². The minimum Gasteiger partial charge on any atom is -0.418 e. The first-order valence-corrected chi connectivity index (χ1v) is 17.0. The van der Waals surface area contributed by atoms with Gasteiger partial charge in [-0.1, -0.05) is 39.3 Å². The summed E-state index contributed by atoms with van der Waals surface area (Å²) < 4.78 is 6.03. The zero-order valence-electron chi connectivity index (χ0n) is 12.9. The van der Waals surface area contributed by atoms with Crippen molar-refractivity contribution in [1.82, 2.24) is 0 Å². The largest absolute Gasteiger partial charge is 0.418 e. The molecule has 0 fully saturated rings. The van der Waals surface area contributed by atoms with Crippen LogP contribution in [0.25, 0.3) is 0 Å². The quantitative estimate of drug-likeness (QED) is 0.632. The van der Waals surface area contributed by atoms with Gasteiger partial charge >= 0.3 is 0 Å². The molecule has 0 rings (SSSR count). The Labute approximate surface area is 106 Å². The Balaban J connectivity index is 4.38. The Bertz CT molecular complexity index is 194. The second-order valence-electron chi connectivity index (χ2n) is 8.03. The molecule has 0 N–H and O–H groups in total. The van der Waals surface area contributed by atoms with E-state index in [0.717, 1.165) is 11.8 Å². The zero-order chi connectivity index (χ0) is 13.2. The molecule has 0 aromatic heterocycles. The summed E-state index contributed by atoms with van der Waals surface area (Å²) >= 11 is 0. The van der Waals surface area contributed by atoms with Gasteiger partial charge in [0.25, 0.3) is 0 Å². The summed E-state index contributed by atoms with van der Waals surface area (Å²) in [6.45, 7) is 23.0. The molecule has 1 nitrogen and oxygen atoms in total. The van der Waals surface area contributed by atoms with Crippen LogP contribution in [0.4, 0.5) is 0 Å². The first-order valence-electron chi connectivity index (χ1n) is 6.48. The second kappa shape index (κ2) is 5.50. The van der Waals surface area contributed by atoms with Crippen LogP contribution >= 0.6 is 0 Å². The third-order valence-corrected chi connectivity index (χ3v) is 14.1. The molecule has 0 radical (unpaired) electrons. The van der Waals surface area contributed by atoms with E-state index < -0.39 is 24.5 Å². The lowest BCUT2D eigenvalue weighted by atomic mass is 10.5. The Morgan fingerprint density at radius 1 is 0.750 bits per heavy atom. The third-order valence-electron chi connectivity index (χ3n) is 3.03. The summed E-state index contributed by atoms with van der Waals surface area (Å²) in [6.07, 6.45) is 1.30. The molecule has 0 saturated carbocycles. The number of hydrogen-bond acceptors (Lipinski definition) is 1. The molecule has 98 valence electrons. The van der Waals surface area contributed by atoms with Gasteiger partial charge in [-0.05, 0) is 31.2 Å². The van der Waals surface area contributed by atoms with Crippen molar-refractivity contribution in [2.24, 2.45) is 0 Å². The fourth-order valence-electron chi connectivity index (χ4n) is 2.65. The minimum atomic E-state index is -1.31. The average Bonchev–Trinajstić information content (AvgIpc) is 1.90. The molecular weight excluding hydrogens is 244 g/mol. The Morgan fingerprint density at radius 2 is 1.12 bits per heavy atom. The highest BCUT2D eigenvalue weighted by atomic mass is 28.4. The molecule has 16 heavy (non-hydrogen) atoms. The van der Waals surface area contributed by atoms with E-state index in [1.54, 1.807) is 0 Å². The van der Waals surface area contributed by atoms with Crippen LogP contribution in [0, 0.1) is 0 Å². The van der Waals surface area contributed by atoms with E-state index in [2.05, 4.69) is 58.9 Å². The molecule has 0 bridgehead atoms. The van der Waals surface area contributed by atoms with E-state index in [0.29, 0.717) is 0 Å². The summed E-state index contributed by atoms with van der Waals surface area (Å²) in [6, 6.07) is 0. The summed E-state index contributed by atoms with van der Waals surface area (Å²) in [5.41, 5.74) is 0. The van der Waals surface area contributed by atoms with Crippen LogP contribution < -0.4 is 0 Å². The van der Waals surface area contributed by atoms with Gasteiger partial charge in [0, 0.05) is 22.8 Å². The third kappa shape index (κ3) is 7.04. The van der Waals surface area contributed by atoms with Gasteiger partial charge in [-0.25, -0.2) is 0 Å². The molecule has 0 amide bonds. The molecule has 0 aliphatic rings. The molecule has 0 atom stereocenters. The van der Waals surface area contributed by atoms with Crippen LogP contribution in [0.1, 0.15) is 6.42 Å². The zero-order valence-corrected chi connectivity index (χ0v) is 15.9. The van der Waals surface area contributed by atoms with Gasteiger partial charge in [0.1, 0.15) is 0 Å². The maximum absolute atomic E-state index is 6.03. The molecule has 0 aliphatic heterocycles. The fraction of sp³-hybridized carbons (Fsp3) is 1.00. The van der Waals surface area contributed by atoms with Gasteiger partial charge in [0.2, 0.25) is 0 Å². The van der Waals surface area contributed by atoms with Crippen molar-refractivity contribution in [3.63, 3.8) is 0 Å². The van der Waals surface area contributed by atoms with E-state index in [-0.39, 0.29) is 0 Å². The lowest BCUT2D eigenvalue weighted by molar-refractivity contribution is 0.307. The molecule has 0 saturated heterocycles. The first kappa shape index (κ1) is 16.6. The monoisotopic (exact) mass is 276 g/mol. The molecule has 0 heterocycles. The van der Waals surface area contributed by atoms with Crippen LogP contribution in [0.5, 0.6) is 0 Å². The Morgan fingerprint density at radius 3 is 1.38 bits per heavy atom. The van der Waals surface area contributed by atoms with Crippen LogP contribution in [0.2, 0.25) is 64.1 Å². The SMILES string of the molecule is C[Si](C)(C)OCCC([Si](C)(C)C)[Si](C)(C)C. The molecule has 0 unspecified atom stereocenters. The van der Waals surface area contributed by atoms with Crippen LogP contribution in [0.3, 0.4) is 0 Å². The molecule has 0 aromatic rings. The average molecular weight is 277 g/mol. The van der Waals surface area contributed by atoms with Crippen molar-refractivity contribution in [2.75, 3.05) is 6.61 Å². The highest BCUT2D eigenvalue weighted by Crippen LogP contribution is 2.35. The van der Waals surface area contributed by atoms with Gasteiger partial charge in [0.15, 0.2) is 8.32 Å². The van der Waals surface area contributed by atoms with Gasteiger partial charge in [0.05, 0.1) is 0 Å². The predicted molar refractivity (Wildman–Crippen MR) is 84.4 cm³/mol. The summed E-state index contributed by atoms with van der Waals surface area (Å²) in [7, 11) is -3.35. The van der Waals surface area contributed by atoms with Crippen molar-refractivity contribution in [1.29, 1.82) is 0 Å². The van der Waals surface area contributed by atoms with Gasteiger partial charge < -0.3 is 4.43 Å². The summed E-state index contributed by atoms with van der Waals surface area (Å²) in [4.78, 5) is 0. The second-order valence-corrected chi connectivity index (χ2v) is 24.0. The van der Waals surface area contributed by atoms with Crippen molar-refractivity contribution in [2.45, 2.75) is 70.5 Å². The molecule has 0 aromatic carbocycles. The van der Waals surface area contributed by atoms with Crippen molar-refractivity contribution in [3.8, 4) is 0 Å². The summed E-state index contributed by atoms with van der Waals surface area (Å²) in [5, 5.41) is 0.983.